The van der Waals surface area contributed by atoms with Crippen LogP contribution >= 0.6 is 0 Å². The Kier molecular flexibility index (Phi) is 0.722. The topological polar surface area (TPSA) is 17.1 Å². The van der Waals surface area contributed by atoms with E-state index in [4.69, 9.17) is 0 Å². The van der Waals surface area contributed by atoms with Crippen molar-refractivity contribution in [1.82, 2.24) is 0 Å². The van der Waals surface area contributed by atoms with Gasteiger partial charge in [0.1, 0.15) is 5.78 Å². The lowest BCUT2D eigenvalue weighted by Gasteiger charge is -2.18. The largest absolute Gasteiger partial charge is 0.299 e. The molecule has 5 rings (SSSR count). The Bertz CT molecular complexity index is 295. The van der Waals surface area contributed by atoms with E-state index in [9.17, 15) is 4.79 Å². The van der Waals surface area contributed by atoms with E-state index in [1.54, 1.807) is 0 Å². The first-order valence-electron chi connectivity index (χ1n) is 5.29. The molecule has 5 aliphatic rings. The molecule has 6 bridgehead atoms. The molecule has 5 aliphatic carbocycles. The minimum atomic E-state index is 0.271. The number of ketones is 1. The molecule has 6 atom stereocenters. The molecule has 0 saturated heterocycles. The highest BCUT2D eigenvalue weighted by molar-refractivity contribution is 5.89. The molecule has 0 aromatic heterocycles. The molecule has 0 spiro atoms. The fraction of sp³-hybridized carbons (Fsp3) is 0.909. The van der Waals surface area contributed by atoms with Gasteiger partial charge >= 0.3 is 0 Å². The number of carbonyl (C=O) groups excluding carboxylic acids is 1. The summed E-state index contributed by atoms with van der Waals surface area (Å²) in [7, 11) is 0. The van der Waals surface area contributed by atoms with Crippen molar-refractivity contribution in [2.24, 2.45) is 35.0 Å². The van der Waals surface area contributed by atoms with Crippen molar-refractivity contribution < 1.29 is 4.79 Å². The summed E-state index contributed by atoms with van der Waals surface area (Å²) in [5.41, 5.74) is 0.271. The highest BCUT2D eigenvalue weighted by atomic mass is 16.1. The number of hydrogen-bond acceptors (Lipinski definition) is 1. The van der Waals surface area contributed by atoms with Crippen LogP contribution in [0.25, 0.3) is 0 Å². The van der Waals surface area contributed by atoms with Gasteiger partial charge in [-0.05, 0) is 55.8 Å². The minimum Gasteiger partial charge on any atom is -0.299 e. The number of hydrogen-bond donors (Lipinski definition) is 0. The van der Waals surface area contributed by atoms with Gasteiger partial charge in [0.25, 0.3) is 0 Å². The molecule has 1 heteroatoms. The maximum atomic E-state index is 11.6. The summed E-state index contributed by atoms with van der Waals surface area (Å²) in [6.45, 7) is 1.84. The zero-order chi connectivity index (χ0) is 8.09. The number of rotatable bonds is 1. The van der Waals surface area contributed by atoms with Crippen molar-refractivity contribution in [2.45, 2.75) is 26.2 Å². The van der Waals surface area contributed by atoms with E-state index in [0.29, 0.717) is 5.78 Å². The van der Waals surface area contributed by atoms with Crippen molar-refractivity contribution in [3.63, 3.8) is 0 Å². The molecule has 0 heterocycles. The zero-order valence-electron chi connectivity index (χ0n) is 7.42. The molecule has 0 amide bonds. The predicted octanol–water partition coefficient (Wildman–Crippen LogP) is 1.87. The van der Waals surface area contributed by atoms with Crippen LogP contribution in [0.1, 0.15) is 26.2 Å². The molecule has 5 fully saturated rings. The van der Waals surface area contributed by atoms with E-state index in [2.05, 4.69) is 0 Å². The van der Waals surface area contributed by atoms with Gasteiger partial charge < -0.3 is 0 Å². The molecule has 0 radical (unpaired) electrons. The predicted molar refractivity (Wildman–Crippen MR) is 44.4 cm³/mol. The van der Waals surface area contributed by atoms with Crippen molar-refractivity contribution in [2.75, 3.05) is 0 Å². The molecule has 5 saturated carbocycles. The highest BCUT2D eigenvalue weighted by Gasteiger charge is 2.86. The van der Waals surface area contributed by atoms with Gasteiger partial charge in [-0.1, -0.05) is 0 Å². The van der Waals surface area contributed by atoms with Crippen LogP contribution < -0.4 is 0 Å². The molecule has 0 N–H and O–H groups in total. The van der Waals surface area contributed by atoms with Gasteiger partial charge in [0.2, 0.25) is 0 Å². The summed E-state index contributed by atoms with van der Waals surface area (Å²) >= 11 is 0. The monoisotopic (exact) mass is 162 g/mol. The van der Waals surface area contributed by atoms with Gasteiger partial charge in [0, 0.05) is 5.41 Å². The van der Waals surface area contributed by atoms with Crippen LogP contribution in [0.3, 0.4) is 0 Å². The Balaban J connectivity index is 1.93. The van der Waals surface area contributed by atoms with Crippen LogP contribution in [0.4, 0.5) is 0 Å². The van der Waals surface area contributed by atoms with Gasteiger partial charge in [-0.25, -0.2) is 0 Å². The molecule has 6 unspecified atom stereocenters. The molecule has 1 nitrogen and oxygen atoms in total. The zero-order valence-corrected chi connectivity index (χ0v) is 7.42. The van der Waals surface area contributed by atoms with Crippen molar-refractivity contribution in [3.8, 4) is 0 Å². The summed E-state index contributed by atoms with van der Waals surface area (Å²) in [5, 5.41) is 0. The maximum Gasteiger partial charge on any atom is 0.136 e. The Labute approximate surface area is 72.5 Å². The van der Waals surface area contributed by atoms with Gasteiger partial charge in [0.15, 0.2) is 0 Å². The summed E-state index contributed by atoms with van der Waals surface area (Å²) in [4.78, 5) is 11.6. The van der Waals surface area contributed by atoms with Crippen LogP contribution in [0.5, 0.6) is 0 Å². The Hall–Kier alpha value is -0.330. The van der Waals surface area contributed by atoms with Crippen LogP contribution in [-0.4, -0.2) is 5.78 Å². The van der Waals surface area contributed by atoms with E-state index in [1.165, 1.54) is 19.3 Å². The fourth-order valence-corrected chi connectivity index (χ4v) is 5.56. The molecule has 64 valence electrons. The van der Waals surface area contributed by atoms with E-state index < -0.39 is 0 Å². The van der Waals surface area contributed by atoms with Crippen LogP contribution in [0, 0.1) is 35.0 Å². The highest BCUT2D eigenvalue weighted by Crippen LogP contribution is 2.88. The van der Waals surface area contributed by atoms with E-state index in [1.807, 2.05) is 6.92 Å². The first-order valence-corrected chi connectivity index (χ1v) is 5.29. The Morgan fingerprint density at radius 1 is 1.25 bits per heavy atom. The Morgan fingerprint density at radius 3 is 2.58 bits per heavy atom. The minimum absolute atomic E-state index is 0.271. The van der Waals surface area contributed by atoms with Crippen molar-refractivity contribution in [1.29, 1.82) is 0 Å². The third-order valence-electron chi connectivity index (χ3n) is 5.58. The second-order valence-corrected chi connectivity index (χ2v) is 5.37. The van der Waals surface area contributed by atoms with Crippen LogP contribution in [-0.2, 0) is 4.79 Å². The van der Waals surface area contributed by atoms with Crippen LogP contribution in [0.2, 0.25) is 0 Å². The van der Waals surface area contributed by atoms with E-state index in [-0.39, 0.29) is 5.41 Å². The normalized spacial score (nSPS) is 68.9. The van der Waals surface area contributed by atoms with Gasteiger partial charge in [-0.15, -0.1) is 0 Å². The Morgan fingerprint density at radius 2 is 2.08 bits per heavy atom. The van der Waals surface area contributed by atoms with Crippen molar-refractivity contribution >= 4 is 5.78 Å². The molecular weight excluding hydrogens is 148 g/mol. The molecule has 12 heavy (non-hydrogen) atoms. The summed E-state index contributed by atoms with van der Waals surface area (Å²) in [5.74, 6) is 5.09. The quantitative estimate of drug-likeness (QED) is 0.575. The molecule has 0 aromatic carbocycles. The third-order valence-corrected chi connectivity index (χ3v) is 5.58. The molecule has 0 aliphatic heterocycles. The summed E-state index contributed by atoms with van der Waals surface area (Å²) in [6, 6.07) is 0. The van der Waals surface area contributed by atoms with Gasteiger partial charge in [-0.2, -0.15) is 0 Å². The lowest BCUT2D eigenvalue weighted by molar-refractivity contribution is -0.124. The first-order chi connectivity index (χ1) is 5.78. The van der Waals surface area contributed by atoms with Crippen molar-refractivity contribution in [3.05, 3.63) is 0 Å². The lowest BCUT2D eigenvalue weighted by atomic mass is 9.84. The number of Topliss-reactive ketones (excluding diaryl/α,β-unsaturated/α-hetero) is 1. The second kappa shape index (κ2) is 1.40. The fourth-order valence-electron chi connectivity index (χ4n) is 5.56. The molecular formula is C11H14O. The summed E-state index contributed by atoms with van der Waals surface area (Å²) in [6.07, 6.45) is 4.24. The van der Waals surface area contributed by atoms with E-state index >= 15 is 0 Å². The molecule has 0 aromatic rings. The SMILES string of the molecule is CC(=O)C12C3CCC4C3CC1C42. The lowest BCUT2D eigenvalue weighted by Crippen LogP contribution is -2.22. The second-order valence-electron chi connectivity index (χ2n) is 5.37. The number of carbonyl (C=O) groups is 1. The van der Waals surface area contributed by atoms with E-state index in [0.717, 1.165) is 29.6 Å². The summed E-state index contributed by atoms with van der Waals surface area (Å²) < 4.78 is 0. The van der Waals surface area contributed by atoms with Crippen LogP contribution in [0.15, 0.2) is 0 Å². The average Bonchev–Trinajstić information content (AvgIpc) is 2.44. The van der Waals surface area contributed by atoms with Gasteiger partial charge in [-0.3, -0.25) is 4.79 Å². The average molecular weight is 162 g/mol. The third kappa shape index (κ3) is 0.334. The van der Waals surface area contributed by atoms with Gasteiger partial charge in [0.05, 0.1) is 0 Å². The maximum absolute atomic E-state index is 11.6. The smallest absolute Gasteiger partial charge is 0.136 e. The first kappa shape index (κ1) is 6.17. The standard InChI is InChI=1S/C11H14O/c1-5(12)11-8-3-2-6-7(8)4-9(11)10(6)11/h6-10H,2-4H2,1H3.